The van der Waals surface area contributed by atoms with E-state index in [1.807, 2.05) is 6.92 Å². The monoisotopic (exact) mass is 299 g/mol. The number of rotatable bonds is 9. The Balaban J connectivity index is 2.20. The lowest BCUT2D eigenvalue weighted by Gasteiger charge is -2.35. The summed E-state index contributed by atoms with van der Waals surface area (Å²) in [7, 11) is 1.73. The lowest BCUT2D eigenvalue weighted by Crippen LogP contribution is -2.49. The van der Waals surface area contributed by atoms with Gasteiger partial charge < -0.3 is 15.4 Å². The highest BCUT2D eigenvalue weighted by atomic mass is 16.5. The maximum absolute atomic E-state index is 12.1. The van der Waals surface area contributed by atoms with Crippen LogP contribution in [0.25, 0.3) is 0 Å². The van der Waals surface area contributed by atoms with Crippen LogP contribution >= 0.6 is 0 Å². The Hall–Kier alpha value is -0.650. The van der Waals surface area contributed by atoms with Gasteiger partial charge in [-0.3, -0.25) is 9.69 Å². The highest BCUT2D eigenvalue weighted by molar-refractivity contribution is 5.81. The Morgan fingerprint density at radius 1 is 1.29 bits per heavy atom. The normalized spacial score (nSPS) is 18.9. The molecule has 1 heterocycles. The third kappa shape index (κ3) is 7.25. The van der Waals surface area contributed by atoms with Gasteiger partial charge in [-0.05, 0) is 51.2 Å². The van der Waals surface area contributed by atoms with Gasteiger partial charge >= 0.3 is 0 Å². The van der Waals surface area contributed by atoms with Crippen molar-refractivity contribution in [1.29, 1.82) is 0 Å². The summed E-state index contributed by atoms with van der Waals surface area (Å²) in [5.74, 6) is 1.40. The van der Waals surface area contributed by atoms with E-state index in [0.717, 1.165) is 45.2 Å². The molecule has 1 amide bonds. The van der Waals surface area contributed by atoms with Crippen molar-refractivity contribution in [3.8, 4) is 0 Å². The molecular weight excluding hydrogens is 266 g/mol. The molecule has 1 fully saturated rings. The van der Waals surface area contributed by atoms with E-state index in [0.29, 0.717) is 5.92 Å². The molecule has 1 saturated heterocycles. The van der Waals surface area contributed by atoms with Gasteiger partial charge in [0.1, 0.15) is 0 Å². The van der Waals surface area contributed by atoms with E-state index >= 15 is 0 Å². The Labute approximate surface area is 129 Å². The number of amides is 1. The number of ether oxygens (including phenoxy) is 1. The first-order valence-corrected chi connectivity index (χ1v) is 8.26. The van der Waals surface area contributed by atoms with Crippen LogP contribution in [-0.2, 0) is 9.53 Å². The van der Waals surface area contributed by atoms with E-state index in [1.165, 1.54) is 12.8 Å². The zero-order valence-corrected chi connectivity index (χ0v) is 14.2. The molecule has 1 atom stereocenters. The predicted octanol–water partition coefficient (Wildman–Crippen LogP) is 1.10. The number of nitrogens with zero attached hydrogens (tertiary/aromatic N) is 1. The molecule has 1 rings (SSSR count). The minimum absolute atomic E-state index is 0.00819. The summed E-state index contributed by atoms with van der Waals surface area (Å²) in [6.07, 6.45) is 2.34. The van der Waals surface area contributed by atoms with E-state index in [9.17, 15) is 4.79 Å². The van der Waals surface area contributed by atoms with Gasteiger partial charge in [0.05, 0.1) is 12.6 Å². The van der Waals surface area contributed by atoms with Crippen LogP contribution in [0.5, 0.6) is 0 Å². The van der Waals surface area contributed by atoms with Crippen molar-refractivity contribution in [2.75, 3.05) is 46.4 Å². The average molecular weight is 299 g/mol. The molecule has 0 spiro atoms. The third-order valence-electron chi connectivity index (χ3n) is 4.18. The van der Waals surface area contributed by atoms with E-state index < -0.39 is 0 Å². The van der Waals surface area contributed by atoms with Crippen LogP contribution in [0.1, 0.15) is 33.6 Å². The summed E-state index contributed by atoms with van der Waals surface area (Å²) in [5, 5.41) is 6.46. The Kier molecular flexibility index (Phi) is 8.88. The summed E-state index contributed by atoms with van der Waals surface area (Å²) in [4.78, 5) is 14.4. The molecule has 0 bridgehead atoms. The van der Waals surface area contributed by atoms with Crippen LogP contribution in [0.15, 0.2) is 0 Å². The minimum Gasteiger partial charge on any atom is -0.383 e. The van der Waals surface area contributed by atoms with Crippen molar-refractivity contribution in [3.63, 3.8) is 0 Å². The van der Waals surface area contributed by atoms with Gasteiger partial charge in [0.2, 0.25) is 5.91 Å². The highest BCUT2D eigenvalue weighted by Crippen LogP contribution is 2.18. The molecule has 5 heteroatoms. The fraction of sp³-hybridized carbons (Fsp3) is 0.938. The molecule has 21 heavy (non-hydrogen) atoms. The number of piperidine rings is 1. The topological polar surface area (TPSA) is 53.6 Å². The molecule has 5 nitrogen and oxygen atoms in total. The SMILES string of the molecule is COCCNCC1CCN(C(C)C(=O)NCC(C)C)CC1. The zero-order chi connectivity index (χ0) is 15.7. The molecule has 0 aromatic heterocycles. The standard InChI is InChI=1S/C16H33N3O2/c1-13(2)11-18-16(20)14(3)19-8-5-15(6-9-19)12-17-7-10-21-4/h13-15,17H,5-12H2,1-4H3,(H,18,20). The zero-order valence-electron chi connectivity index (χ0n) is 14.2. The maximum atomic E-state index is 12.1. The van der Waals surface area contributed by atoms with E-state index in [-0.39, 0.29) is 11.9 Å². The Bertz CT molecular complexity index is 289. The molecule has 2 N–H and O–H groups in total. The van der Waals surface area contributed by atoms with Gasteiger partial charge in [-0.2, -0.15) is 0 Å². The van der Waals surface area contributed by atoms with Crippen molar-refractivity contribution in [3.05, 3.63) is 0 Å². The lowest BCUT2D eigenvalue weighted by molar-refractivity contribution is -0.126. The summed E-state index contributed by atoms with van der Waals surface area (Å²) in [6.45, 7) is 11.8. The Morgan fingerprint density at radius 3 is 2.52 bits per heavy atom. The molecule has 0 radical (unpaired) electrons. The molecule has 0 aromatic rings. The minimum atomic E-state index is -0.00819. The number of likely N-dealkylation sites (tertiary alicyclic amines) is 1. The first-order chi connectivity index (χ1) is 10.0. The van der Waals surface area contributed by atoms with Gasteiger partial charge in [-0.15, -0.1) is 0 Å². The van der Waals surface area contributed by atoms with Gasteiger partial charge in [0, 0.05) is 20.2 Å². The number of carbonyl (C=O) groups is 1. The van der Waals surface area contributed by atoms with Crippen LogP contribution in [0, 0.1) is 11.8 Å². The number of hydrogen-bond acceptors (Lipinski definition) is 4. The van der Waals surface area contributed by atoms with Crippen molar-refractivity contribution in [2.24, 2.45) is 11.8 Å². The van der Waals surface area contributed by atoms with Crippen LogP contribution in [0.4, 0.5) is 0 Å². The van der Waals surface area contributed by atoms with Gasteiger partial charge in [0.25, 0.3) is 0 Å². The molecule has 1 unspecified atom stereocenters. The van der Waals surface area contributed by atoms with E-state index in [1.54, 1.807) is 7.11 Å². The van der Waals surface area contributed by atoms with Crippen molar-refractivity contribution in [1.82, 2.24) is 15.5 Å². The largest absolute Gasteiger partial charge is 0.383 e. The summed E-state index contributed by atoms with van der Waals surface area (Å²) in [6, 6.07) is -0.00819. The van der Waals surface area contributed by atoms with Crippen LogP contribution < -0.4 is 10.6 Å². The number of hydrogen-bond donors (Lipinski definition) is 2. The fourth-order valence-corrected chi connectivity index (χ4v) is 2.64. The fourth-order valence-electron chi connectivity index (χ4n) is 2.64. The highest BCUT2D eigenvalue weighted by Gasteiger charge is 2.26. The molecule has 124 valence electrons. The van der Waals surface area contributed by atoms with Crippen LogP contribution in [-0.4, -0.2) is 63.3 Å². The smallest absolute Gasteiger partial charge is 0.237 e. The van der Waals surface area contributed by atoms with E-state index in [2.05, 4.69) is 29.4 Å². The average Bonchev–Trinajstić information content (AvgIpc) is 2.49. The number of nitrogens with one attached hydrogen (secondary N) is 2. The van der Waals surface area contributed by atoms with Gasteiger partial charge in [-0.1, -0.05) is 13.8 Å². The predicted molar refractivity (Wildman–Crippen MR) is 86.4 cm³/mol. The number of carbonyl (C=O) groups excluding carboxylic acids is 1. The second-order valence-corrected chi connectivity index (χ2v) is 6.49. The second-order valence-electron chi connectivity index (χ2n) is 6.49. The molecule has 0 saturated carbocycles. The van der Waals surface area contributed by atoms with Crippen molar-refractivity contribution in [2.45, 2.75) is 39.7 Å². The molecule has 1 aliphatic rings. The maximum Gasteiger partial charge on any atom is 0.237 e. The van der Waals surface area contributed by atoms with Crippen LogP contribution in [0.3, 0.4) is 0 Å². The van der Waals surface area contributed by atoms with Crippen molar-refractivity contribution >= 4 is 5.91 Å². The van der Waals surface area contributed by atoms with E-state index in [4.69, 9.17) is 4.74 Å². The van der Waals surface area contributed by atoms with Crippen LogP contribution in [0.2, 0.25) is 0 Å². The second kappa shape index (κ2) is 10.1. The van der Waals surface area contributed by atoms with Gasteiger partial charge in [0.15, 0.2) is 0 Å². The molecular formula is C16H33N3O2. The number of methoxy groups -OCH3 is 1. The lowest BCUT2D eigenvalue weighted by atomic mass is 9.95. The summed E-state index contributed by atoms with van der Waals surface area (Å²) >= 11 is 0. The molecule has 1 aliphatic heterocycles. The van der Waals surface area contributed by atoms with Gasteiger partial charge in [-0.25, -0.2) is 0 Å². The first-order valence-electron chi connectivity index (χ1n) is 8.26. The Morgan fingerprint density at radius 2 is 1.95 bits per heavy atom. The quantitative estimate of drug-likeness (QED) is 0.626. The first kappa shape index (κ1) is 18.4. The molecule has 0 aliphatic carbocycles. The summed E-state index contributed by atoms with van der Waals surface area (Å²) in [5.41, 5.74) is 0. The summed E-state index contributed by atoms with van der Waals surface area (Å²) < 4.78 is 5.03. The molecule has 0 aromatic carbocycles. The van der Waals surface area contributed by atoms with Crippen molar-refractivity contribution < 1.29 is 9.53 Å². The third-order valence-corrected chi connectivity index (χ3v) is 4.18.